The summed E-state index contributed by atoms with van der Waals surface area (Å²) in [5.41, 5.74) is -1.29. The van der Waals surface area contributed by atoms with E-state index in [-0.39, 0.29) is 26.1 Å². The van der Waals surface area contributed by atoms with Gasteiger partial charge in [0.2, 0.25) is 0 Å². The summed E-state index contributed by atoms with van der Waals surface area (Å²) in [5, 5.41) is 37.0. The number of nitrogens with one attached hydrogen (secondary N) is 2. The molecule has 4 heterocycles. The SMILES string of the molecule is Cc1cn([C@H]2CC(O)[C@@H](CO)O2)c(=O)[nH]c1=O.Cc1cn([C@H]2CC(O)[C@@H](CO)O2)c(=O)[nH]c1=O. The van der Waals surface area contributed by atoms with Gasteiger partial charge in [-0.15, -0.1) is 0 Å². The van der Waals surface area contributed by atoms with Crippen molar-refractivity contribution < 1.29 is 29.9 Å². The molecular formula is C20H28N4O10. The zero-order valence-electron chi connectivity index (χ0n) is 18.6. The second-order valence-corrected chi connectivity index (χ2v) is 8.19. The molecule has 0 aromatic carbocycles. The predicted octanol–water partition coefficient (Wildman–Crippen LogP) is -3.03. The van der Waals surface area contributed by atoms with Crippen molar-refractivity contribution in [2.45, 2.75) is 63.6 Å². The van der Waals surface area contributed by atoms with Crippen molar-refractivity contribution in [2.75, 3.05) is 13.2 Å². The van der Waals surface area contributed by atoms with Gasteiger partial charge in [0, 0.05) is 36.4 Å². The van der Waals surface area contributed by atoms with Gasteiger partial charge < -0.3 is 29.9 Å². The zero-order chi connectivity index (χ0) is 25.2. The molecule has 4 rings (SSSR count). The van der Waals surface area contributed by atoms with Gasteiger partial charge in [-0.25, -0.2) is 9.59 Å². The van der Waals surface area contributed by atoms with E-state index in [1.54, 1.807) is 13.8 Å². The van der Waals surface area contributed by atoms with Crippen molar-refractivity contribution in [2.24, 2.45) is 0 Å². The number of nitrogens with zero attached hydrogens (tertiary/aromatic N) is 2. The molecule has 2 fully saturated rings. The molecule has 2 aromatic rings. The topological polar surface area (TPSA) is 209 Å². The first kappa shape index (κ1) is 25.7. The van der Waals surface area contributed by atoms with Crippen LogP contribution in [-0.4, -0.2) is 77.2 Å². The van der Waals surface area contributed by atoms with Gasteiger partial charge in [0.05, 0.1) is 25.4 Å². The second-order valence-electron chi connectivity index (χ2n) is 8.19. The van der Waals surface area contributed by atoms with Gasteiger partial charge in [0.15, 0.2) is 0 Å². The van der Waals surface area contributed by atoms with Gasteiger partial charge in [0.1, 0.15) is 24.7 Å². The van der Waals surface area contributed by atoms with Gasteiger partial charge in [-0.3, -0.25) is 28.7 Å². The van der Waals surface area contributed by atoms with Crippen molar-refractivity contribution >= 4 is 0 Å². The molecule has 6 N–H and O–H groups in total. The molecule has 0 aliphatic carbocycles. The quantitative estimate of drug-likeness (QED) is 0.258. The Bertz CT molecular complexity index is 1140. The Morgan fingerprint density at radius 2 is 1.15 bits per heavy atom. The molecule has 2 aliphatic heterocycles. The third-order valence-electron chi connectivity index (χ3n) is 5.68. The zero-order valence-corrected chi connectivity index (χ0v) is 18.6. The fraction of sp³-hybridized carbons (Fsp3) is 0.600. The fourth-order valence-electron chi connectivity index (χ4n) is 3.70. The van der Waals surface area contributed by atoms with E-state index in [1.165, 1.54) is 21.5 Å². The third kappa shape index (κ3) is 5.43. The van der Waals surface area contributed by atoms with Crippen molar-refractivity contribution in [3.63, 3.8) is 0 Å². The summed E-state index contributed by atoms with van der Waals surface area (Å²) >= 11 is 0. The van der Waals surface area contributed by atoms with Crippen LogP contribution in [0, 0.1) is 13.8 Å². The van der Waals surface area contributed by atoms with Crippen molar-refractivity contribution in [1.29, 1.82) is 0 Å². The monoisotopic (exact) mass is 484 g/mol. The Kier molecular flexibility index (Phi) is 8.01. The number of hydrogen-bond acceptors (Lipinski definition) is 10. The Morgan fingerprint density at radius 1 is 0.794 bits per heavy atom. The van der Waals surface area contributed by atoms with Crippen molar-refractivity contribution in [3.05, 3.63) is 65.2 Å². The van der Waals surface area contributed by atoms with E-state index in [1.807, 2.05) is 0 Å². The normalized spacial score (nSPS) is 28.5. The summed E-state index contributed by atoms with van der Waals surface area (Å²) in [6.07, 6.45) is -1.16. The molecule has 6 atom stereocenters. The number of aryl methyl sites for hydroxylation is 2. The number of aliphatic hydroxyl groups excluding tert-OH is 4. The van der Waals surface area contributed by atoms with Crippen LogP contribution < -0.4 is 22.5 Å². The molecule has 188 valence electrons. The van der Waals surface area contributed by atoms with Gasteiger partial charge in [0.25, 0.3) is 11.1 Å². The molecule has 2 aromatic heterocycles. The van der Waals surface area contributed by atoms with Crippen LogP contribution in [0.2, 0.25) is 0 Å². The number of aliphatic hydroxyl groups is 4. The van der Waals surface area contributed by atoms with Crippen molar-refractivity contribution in [1.82, 2.24) is 19.1 Å². The molecule has 0 spiro atoms. The number of rotatable bonds is 4. The largest absolute Gasteiger partial charge is 0.394 e. The molecule has 34 heavy (non-hydrogen) atoms. The maximum atomic E-state index is 11.6. The van der Waals surface area contributed by atoms with E-state index < -0.39 is 59.4 Å². The van der Waals surface area contributed by atoms with Crippen LogP contribution in [0.3, 0.4) is 0 Å². The van der Waals surface area contributed by atoms with Crippen LogP contribution in [-0.2, 0) is 9.47 Å². The molecule has 0 amide bonds. The van der Waals surface area contributed by atoms with Gasteiger partial charge >= 0.3 is 11.4 Å². The molecule has 2 unspecified atom stereocenters. The number of aromatic nitrogens is 4. The van der Waals surface area contributed by atoms with Crippen LogP contribution in [0.5, 0.6) is 0 Å². The highest BCUT2D eigenvalue weighted by Crippen LogP contribution is 2.28. The maximum Gasteiger partial charge on any atom is 0.330 e. The molecule has 2 saturated heterocycles. The standard InChI is InChI=1S/2C10H14N2O5/c2*1-5-3-12(10(16)11-9(5)15)8-2-6(14)7(4-13)17-8/h2*3,6-8,13-14H,2,4H2,1H3,(H,11,15,16)/t2*6?,7-,8-/m11/s1. The lowest BCUT2D eigenvalue weighted by Crippen LogP contribution is -2.33. The Labute approximate surface area is 191 Å². The fourth-order valence-corrected chi connectivity index (χ4v) is 3.70. The highest BCUT2D eigenvalue weighted by Gasteiger charge is 2.36. The minimum Gasteiger partial charge on any atom is -0.394 e. The van der Waals surface area contributed by atoms with E-state index in [2.05, 4.69) is 9.97 Å². The second kappa shape index (κ2) is 10.6. The Balaban J connectivity index is 0.000000191. The smallest absolute Gasteiger partial charge is 0.330 e. The molecule has 0 bridgehead atoms. The number of aromatic amines is 2. The third-order valence-corrected chi connectivity index (χ3v) is 5.68. The minimum atomic E-state index is -0.816. The van der Waals surface area contributed by atoms with E-state index in [0.717, 1.165) is 0 Å². The summed E-state index contributed by atoms with van der Waals surface area (Å²) < 4.78 is 13.1. The Morgan fingerprint density at radius 3 is 1.44 bits per heavy atom. The number of H-pyrrole nitrogens is 2. The van der Waals surface area contributed by atoms with Crippen LogP contribution in [0.1, 0.15) is 36.4 Å². The molecule has 2 aliphatic rings. The molecule has 14 heteroatoms. The number of hydrogen-bond donors (Lipinski definition) is 6. The molecular weight excluding hydrogens is 456 g/mol. The van der Waals surface area contributed by atoms with Gasteiger partial charge in [-0.05, 0) is 13.8 Å². The van der Waals surface area contributed by atoms with Crippen molar-refractivity contribution in [3.8, 4) is 0 Å². The number of ether oxygens (including phenoxy) is 2. The molecule has 0 saturated carbocycles. The summed E-state index contributed by atoms with van der Waals surface area (Å²) in [6, 6.07) is 0. The first-order valence-corrected chi connectivity index (χ1v) is 10.6. The summed E-state index contributed by atoms with van der Waals surface area (Å²) in [5.74, 6) is 0. The predicted molar refractivity (Wildman–Crippen MR) is 115 cm³/mol. The first-order valence-electron chi connectivity index (χ1n) is 10.6. The van der Waals surface area contributed by atoms with Gasteiger partial charge in [-0.2, -0.15) is 0 Å². The molecule has 0 radical (unpaired) electrons. The minimum absolute atomic E-state index is 0.205. The highest BCUT2D eigenvalue weighted by atomic mass is 16.5. The van der Waals surface area contributed by atoms with E-state index in [4.69, 9.17) is 19.7 Å². The lowest BCUT2D eigenvalue weighted by atomic mass is 10.2. The van der Waals surface area contributed by atoms with Crippen LogP contribution in [0.15, 0.2) is 31.6 Å². The average molecular weight is 484 g/mol. The van der Waals surface area contributed by atoms with E-state index >= 15 is 0 Å². The van der Waals surface area contributed by atoms with Gasteiger partial charge in [-0.1, -0.05) is 0 Å². The van der Waals surface area contributed by atoms with Crippen LogP contribution in [0.25, 0.3) is 0 Å². The lowest BCUT2D eigenvalue weighted by molar-refractivity contribution is -0.0459. The lowest BCUT2D eigenvalue weighted by Gasteiger charge is -2.14. The molecule has 14 nitrogen and oxygen atoms in total. The summed E-state index contributed by atoms with van der Waals surface area (Å²) in [4.78, 5) is 49.8. The Hall–Kier alpha value is -2.88. The average Bonchev–Trinajstić information content (AvgIpc) is 3.35. The van der Waals surface area contributed by atoms with Crippen LogP contribution in [0.4, 0.5) is 0 Å². The van der Waals surface area contributed by atoms with Crippen LogP contribution >= 0.6 is 0 Å². The summed E-state index contributed by atoms with van der Waals surface area (Å²) in [6.45, 7) is 2.52. The van der Waals surface area contributed by atoms with E-state index in [0.29, 0.717) is 11.1 Å². The summed E-state index contributed by atoms with van der Waals surface area (Å²) in [7, 11) is 0. The van der Waals surface area contributed by atoms with E-state index in [9.17, 15) is 29.4 Å². The first-order chi connectivity index (χ1) is 16.0. The highest BCUT2D eigenvalue weighted by molar-refractivity contribution is 5.03. The maximum absolute atomic E-state index is 11.6.